The number of nitriles is 1. The van der Waals surface area contributed by atoms with E-state index in [4.69, 9.17) is 0 Å². The Morgan fingerprint density at radius 2 is 2.32 bits per heavy atom. The third-order valence-corrected chi connectivity index (χ3v) is 5.54. The molecule has 6 nitrogen and oxygen atoms in total. The predicted octanol–water partition coefficient (Wildman–Crippen LogP) is 3.17. The van der Waals surface area contributed by atoms with Gasteiger partial charge in [-0.2, -0.15) is 10.4 Å². The largest absolute Gasteiger partial charge is 0.349 e. The van der Waals surface area contributed by atoms with Gasteiger partial charge in [-0.15, -0.1) is 11.3 Å². The van der Waals surface area contributed by atoms with Crippen molar-refractivity contribution in [1.82, 2.24) is 19.9 Å². The van der Waals surface area contributed by atoms with Crippen LogP contribution >= 0.6 is 11.3 Å². The lowest BCUT2D eigenvalue weighted by molar-refractivity contribution is 0.0937. The van der Waals surface area contributed by atoms with E-state index in [9.17, 15) is 10.1 Å². The van der Waals surface area contributed by atoms with Crippen molar-refractivity contribution in [3.8, 4) is 16.6 Å². The van der Waals surface area contributed by atoms with Crippen LogP contribution in [0, 0.1) is 24.2 Å². The van der Waals surface area contributed by atoms with Crippen molar-refractivity contribution >= 4 is 22.9 Å². The Morgan fingerprint density at radius 1 is 1.52 bits per heavy atom. The molecule has 3 aromatic heterocycles. The molecule has 1 fully saturated rings. The van der Waals surface area contributed by atoms with Gasteiger partial charge >= 0.3 is 0 Å². The van der Waals surface area contributed by atoms with E-state index in [-0.39, 0.29) is 11.9 Å². The first-order chi connectivity index (χ1) is 12.1. The molecule has 126 valence electrons. The molecule has 4 rings (SSSR count). The van der Waals surface area contributed by atoms with Crippen molar-refractivity contribution in [3.63, 3.8) is 0 Å². The predicted molar refractivity (Wildman–Crippen MR) is 95.4 cm³/mol. The first kappa shape index (κ1) is 15.8. The van der Waals surface area contributed by atoms with E-state index in [2.05, 4.69) is 21.5 Å². The van der Waals surface area contributed by atoms with Crippen molar-refractivity contribution in [1.29, 1.82) is 5.26 Å². The van der Waals surface area contributed by atoms with Gasteiger partial charge in [0.05, 0.1) is 22.3 Å². The smallest absolute Gasteiger partial charge is 0.256 e. The van der Waals surface area contributed by atoms with Crippen LogP contribution in [0.4, 0.5) is 0 Å². The summed E-state index contributed by atoms with van der Waals surface area (Å²) in [6.45, 7) is 3.95. The van der Waals surface area contributed by atoms with Crippen molar-refractivity contribution in [2.24, 2.45) is 5.92 Å². The number of thiophene rings is 1. The van der Waals surface area contributed by atoms with Crippen LogP contribution in [-0.4, -0.2) is 26.5 Å². The highest BCUT2D eigenvalue weighted by atomic mass is 32.1. The van der Waals surface area contributed by atoms with Gasteiger partial charge in [0, 0.05) is 11.7 Å². The van der Waals surface area contributed by atoms with Crippen LogP contribution in [-0.2, 0) is 0 Å². The van der Waals surface area contributed by atoms with Crippen molar-refractivity contribution < 1.29 is 4.79 Å². The van der Waals surface area contributed by atoms with Crippen LogP contribution in [0.15, 0.2) is 23.7 Å². The minimum Gasteiger partial charge on any atom is -0.349 e. The normalized spacial score (nSPS) is 15.1. The van der Waals surface area contributed by atoms with Crippen molar-refractivity contribution in [3.05, 3.63) is 40.5 Å². The quantitative estimate of drug-likeness (QED) is 0.782. The number of aromatic nitrogens is 3. The average molecular weight is 351 g/mol. The highest BCUT2D eigenvalue weighted by molar-refractivity contribution is 7.13. The van der Waals surface area contributed by atoms with E-state index >= 15 is 0 Å². The maximum absolute atomic E-state index is 12.6. The lowest BCUT2D eigenvalue weighted by Gasteiger charge is -2.12. The minimum absolute atomic E-state index is 0.148. The van der Waals surface area contributed by atoms with Crippen LogP contribution in [0.25, 0.3) is 16.2 Å². The number of aryl methyl sites for hydroxylation is 1. The average Bonchev–Trinajstić information content (AvgIpc) is 3.18. The number of fused-ring (bicyclic) bond motifs is 1. The molecule has 1 atom stereocenters. The number of rotatable bonds is 4. The molecule has 0 aliphatic heterocycles. The summed E-state index contributed by atoms with van der Waals surface area (Å²) in [5, 5.41) is 18.5. The van der Waals surface area contributed by atoms with Crippen LogP contribution in [0.3, 0.4) is 0 Å². The standard InChI is InChI=1S/C18H17N5OS/c1-10-7-15(16-13(8-19)5-6-25-16)22-17-14(9-20-23(10)17)18(24)21-11(2)12-3-4-12/h5-7,9,11-12H,3-4H2,1-2H3,(H,21,24)/t11-/m0/s1. The maximum Gasteiger partial charge on any atom is 0.256 e. The van der Waals surface area contributed by atoms with Gasteiger partial charge in [-0.1, -0.05) is 0 Å². The topological polar surface area (TPSA) is 83.1 Å². The number of hydrogen-bond acceptors (Lipinski definition) is 5. The minimum atomic E-state index is -0.148. The van der Waals surface area contributed by atoms with E-state index in [1.165, 1.54) is 24.2 Å². The Kier molecular flexibility index (Phi) is 3.77. The van der Waals surface area contributed by atoms with Gasteiger partial charge in [0.15, 0.2) is 5.65 Å². The third kappa shape index (κ3) is 2.79. The number of hydrogen-bond donors (Lipinski definition) is 1. The van der Waals surface area contributed by atoms with E-state index in [1.807, 2.05) is 25.3 Å². The second-order valence-corrected chi connectivity index (χ2v) is 7.37. The fraction of sp³-hybridized carbons (Fsp3) is 0.333. The molecule has 1 amide bonds. The Hall–Kier alpha value is -2.72. The second kappa shape index (κ2) is 5.97. The molecule has 1 N–H and O–H groups in total. The monoisotopic (exact) mass is 351 g/mol. The molecule has 3 heterocycles. The van der Waals surface area contributed by atoms with Crippen molar-refractivity contribution in [2.45, 2.75) is 32.7 Å². The number of nitrogens with zero attached hydrogens (tertiary/aromatic N) is 4. The summed E-state index contributed by atoms with van der Waals surface area (Å²) in [5.41, 5.74) is 3.14. The molecular weight excluding hydrogens is 334 g/mol. The van der Waals surface area contributed by atoms with Crippen LogP contribution in [0.2, 0.25) is 0 Å². The zero-order chi connectivity index (χ0) is 17.6. The van der Waals surface area contributed by atoms with Gasteiger partial charge in [-0.25, -0.2) is 9.50 Å². The highest BCUT2D eigenvalue weighted by Crippen LogP contribution is 2.32. The van der Waals surface area contributed by atoms with Gasteiger partial charge in [0.2, 0.25) is 0 Å². The fourth-order valence-corrected chi connectivity index (χ4v) is 3.79. The first-order valence-corrected chi connectivity index (χ1v) is 9.10. The zero-order valence-electron chi connectivity index (χ0n) is 14.0. The van der Waals surface area contributed by atoms with E-state index in [1.54, 1.807) is 16.8 Å². The molecule has 0 radical (unpaired) electrons. The molecule has 0 saturated heterocycles. The number of carbonyl (C=O) groups excluding carboxylic acids is 1. The molecule has 0 spiro atoms. The molecule has 1 aliphatic rings. The van der Waals surface area contributed by atoms with Gasteiger partial charge < -0.3 is 5.32 Å². The highest BCUT2D eigenvalue weighted by Gasteiger charge is 2.30. The van der Waals surface area contributed by atoms with Gasteiger partial charge in [0.1, 0.15) is 11.6 Å². The Labute approximate surface area is 149 Å². The molecule has 0 aromatic carbocycles. The van der Waals surface area contributed by atoms with Gasteiger partial charge in [-0.3, -0.25) is 4.79 Å². The van der Waals surface area contributed by atoms with Crippen LogP contribution in [0.5, 0.6) is 0 Å². The Bertz CT molecular complexity index is 1010. The summed E-state index contributed by atoms with van der Waals surface area (Å²) >= 11 is 1.47. The molecular formula is C18H17N5OS. The molecule has 1 saturated carbocycles. The fourth-order valence-electron chi connectivity index (χ4n) is 2.98. The van der Waals surface area contributed by atoms with E-state index in [0.717, 1.165) is 10.6 Å². The molecule has 3 aromatic rings. The molecule has 0 bridgehead atoms. The molecule has 1 aliphatic carbocycles. The Morgan fingerprint density at radius 3 is 3.04 bits per heavy atom. The van der Waals surface area contributed by atoms with Gasteiger partial charge in [-0.05, 0) is 50.1 Å². The number of carbonyl (C=O) groups is 1. The molecule has 25 heavy (non-hydrogen) atoms. The van der Waals surface area contributed by atoms with Crippen LogP contribution < -0.4 is 5.32 Å². The van der Waals surface area contributed by atoms with Gasteiger partial charge in [0.25, 0.3) is 5.91 Å². The first-order valence-electron chi connectivity index (χ1n) is 8.22. The summed E-state index contributed by atoms with van der Waals surface area (Å²) in [6, 6.07) is 6.02. The van der Waals surface area contributed by atoms with E-state index in [0.29, 0.717) is 28.4 Å². The zero-order valence-corrected chi connectivity index (χ0v) is 14.8. The molecule has 7 heteroatoms. The number of amides is 1. The summed E-state index contributed by atoms with van der Waals surface area (Å²) in [4.78, 5) is 18.1. The van der Waals surface area contributed by atoms with Crippen LogP contribution in [0.1, 0.15) is 41.4 Å². The lowest BCUT2D eigenvalue weighted by atomic mass is 10.2. The Balaban J connectivity index is 1.76. The summed E-state index contributed by atoms with van der Waals surface area (Å²) in [6.07, 6.45) is 3.91. The van der Waals surface area contributed by atoms with Crippen molar-refractivity contribution in [2.75, 3.05) is 0 Å². The molecule has 0 unspecified atom stereocenters. The summed E-state index contributed by atoms with van der Waals surface area (Å²) in [5.74, 6) is 0.436. The number of nitrogens with one attached hydrogen (secondary N) is 1. The van der Waals surface area contributed by atoms with E-state index < -0.39 is 0 Å². The second-order valence-electron chi connectivity index (χ2n) is 6.45. The summed E-state index contributed by atoms with van der Waals surface area (Å²) in [7, 11) is 0. The maximum atomic E-state index is 12.6. The summed E-state index contributed by atoms with van der Waals surface area (Å²) < 4.78 is 1.67. The lowest BCUT2D eigenvalue weighted by Crippen LogP contribution is -2.34. The SMILES string of the molecule is Cc1cc(-c2sccc2C#N)nc2c(C(=O)N[C@@H](C)C3CC3)cnn12. The third-order valence-electron chi connectivity index (χ3n) is 4.60.